The molecule has 0 aliphatic rings. The molecule has 0 saturated carbocycles. The lowest BCUT2D eigenvalue weighted by Crippen LogP contribution is -2.32. The summed E-state index contributed by atoms with van der Waals surface area (Å²) in [6, 6.07) is 24.7. The molecule has 0 spiro atoms. The summed E-state index contributed by atoms with van der Waals surface area (Å²) in [7, 11) is -6.24. The minimum absolute atomic E-state index is 0.0349. The van der Waals surface area contributed by atoms with E-state index in [0.29, 0.717) is 11.1 Å². The SMILES string of the molecule is CCOC(=O)CNC(=O)c1nc(Cc2cccc(-c3ccccc3)c2)nc(OS(=O)(=O)C(F)(F)F)c1OCc1ccccc1. The Morgan fingerprint density at radius 3 is 2.16 bits per heavy atom. The predicted octanol–water partition coefficient (Wildman–Crippen LogP) is 4.83. The fourth-order valence-corrected chi connectivity index (χ4v) is 4.31. The van der Waals surface area contributed by atoms with Crippen LogP contribution in [0.3, 0.4) is 0 Å². The van der Waals surface area contributed by atoms with Crippen LogP contribution in [0.2, 0.25) is 0 Å². The molecular weight excluding hydrogens is 603 g/mol. The number of hydrogen-bond donors (Lipinski definition) is 1. The van der Waals surface area contributed by atoms with Gasteiger partial charge in [-0.2, -0.15) is 26.6 Å². The first kappa shape index (κ1) is 31.9. The first-order valence-electron chi connectivity index (χ1n) is 13.1. The first-order chi connectivity index (χ1) is 21.0. The van der Waals surface area contributed by atoms with E-state index in [0.717, 1.165) is 11.1 Å². The Labute approximate surface area is 251 Å². The van der Waals surface area contributed by atoms with Crippen LogP contribution in [0.15, 0.2) is 84.9 Å². The molecule has 0 saturated heterocycles. The van der Waals surface area contributed by atoms with Crippen LogP contribution < -0.4 is 14.2 Å². The van der Waals surface area contributed by atoms with Crippen molar-refractivity contribution in [3.05, 3.63) is 108 Å². The maximum Gasteiger partial charge on any atom is 0.534 e. The second-order valence-electron chi connectivity index (χ2n) is 9.11. The van der Waals surface area contributed by atoms with Crippen molar-refractivity contribution >= 4 is 22.0 Å². The molecule has 14 heteroatoms. The Hall–Kier alpha value is -4.98. The van der Waals surface area contributed by atoms with Crippen molar-refractivity contribution in [3.63, 3.8) is 0 Å². The van der Waals surface area contributed by atoms with Crippen molar-refractivity contribution in [2.75, 3.05) is 13.2 Å². The molecule has 0 radical (unpaired) electrons. The highest BCUT2D eigenvalue weighted by molar-refractivity contribution is 7.88. The second-order valence-corrected chi connectivity index (χ2v) is 10.6. The summed E-state index contributed by atoms with van der Waals surface area (Å²) >= 11 is 0. The van der Waals surface area contributed by atoms with E-state index >= 15 is 0 Å². The monoisotopic (exact) mass is 629 g/mol. The van der Waals surface area contributed by atoms with Gasteiger partial charge in [0.25, 0.3) is 11.8 Å². The molecule has 230 valence electrons. The molecule has 3 aromatic carbocycles. The smallest absolute Gasteiger partial charge is 0.481 e. The number of hydrogen-bond acceptors (Lipinski definition) is 9. The van der Waals surface area contributed by atoms with Gasteiger partial charge in [-0.15, -0.1) is 0 Å². The maximum absolute atomic E-state index is 13.4. The topological polar surface area (TPSA) is 134 Å². The highest BCUT2D eigenvalue weighted by Gasteiger charge is 2.49. The lowest BCUT2D eigenvalue weighted by Gasteiger charge is -2.17. The second kappa shape index (κ2) is 14.0. The molecule has 1 heterocycles. The number of nitrogens with one attached hydrogen (secondary N) is 1. The minimum Gasteiger partial charge on any atom is -0.481 e. The van der Waals surface area contributed by atoms with Crippen LogP contribution in [0, 0.1) is 0 Å². The van der Waals surface area contributed by atoms with Crippen molar-refractivity contribution in [1.82, 2.24) is 15.3 Å². The lowest BCUT2D eigenvalue weighted by atomic mass is 10.0. The lowest BCUT2D eigenvalue weighted by molar-refractivity contribution is -0.141. The number of ether oxygens (including phenoxy) is 2. The fraction of sp³-hybridized carbons (Fsp3) is 0.200. The molecule has 44 heavy (non-hydrogen) atoms. The Morgan fingerprint density at radius 2 is 1.50 bits per heavy atom. The number of rotatable bonds is 12. The normalized spacial score (nSPS) is 11.5. The van der Waals surface area contributed by atoms with E-state index in [1.54, 1.807) is 55.5 Å². The van der Waals surface area contributed by atoms with E-state index in [2.05, 4.69) is 19.5 Å². The largest absolute Gasteiger partial charge is 0.534 e. The number of benzene rings is 3. The molecule has 4 aromatic rings. The summed E-state index contributed by atoms with van der Waals surface area (Å²) in [5.41, 5.74) is -3.65. The fourth-order valence-electron chi connectivity index (χ4n) is 3.90. The van der Waals surface area contributed by atoms with Crippen LogP contribution in [0.4, 0.5) is 13.2 Å². The summed E-state index contributed by atoms with van der Waals surface area (Å²) < 4.78 is 79.0. The zero-order valence-electron chi connectivity index (χ0n) is 23.2. The molecule has 0 bridgehead atoms. The standard InChI is InChI=1S/C30H26F3N3O7S/c1-2-41-25(37)18-34-28(38)26-27(42-19-20-10-5-3-6-11-20)29(43-44(39,40)30(31,32)33)36-24(35-26)17-21-12-9-15-23(16-21)22-13-7-4-8-14-22/h3-16H,2,17-19H2,1H3,(H,34,38). The van der Waals surface area contributed by atoms with Crippen molar-refractivity contribution in [2.24, 2.45) is 0 Å². The summed E-state index contributed by atoms with van der Waals surface area (Å²) in [5.74, 6) is -4.04. The summed E-state index contributed by atoms with van der Waals surface area (Å²) in [6.07, 6.45) is -0.139. The van der Waals surface area contributed by atoms with Gasteiger partial charge in [-0.25, -0.2) is 4.98 Å². The van der Waals surface area contributed by atoms with E-state index in [4.69, 9.17) is 9.47 Å². The van der Waals surface area contributed by atoms with Gasteiger partial charge in [0.05, 0.1) is 6.61 Å². The maximum atomic E-state index is 13.4. The van der Waals surface area contributed by atoms with Crippen LogP contribution >= 0.6 is 0 Å². The number of esters is 1. The molecule has 0 aliphatic carbocycles. The van der Waals surface area contributed by atoms with E-state index in [9.17, 15) is 31.2 Å². The number of aromatic nitrogens is 2. The Bertz CT molecular complexity index is 1720. The molecular formula is C30H26F3N3O7S. The number of carbonyl (C=O) groups excluding carboxylic acids is 2. The Balaban J connectivity index is 1.79. The van der Waals surface area contributed by atoms with Gasteiger partial charge in [0.1, 0.15) is 19.0 Å². The molecule has 10 nitrogen and oxygen atoms in total. The zero-order chi connectivity index (χ0) is 31.7. The molecule has 4 rings (SSSR count). The number of amides is 1. The van der Waals surface area contributed by atoms with Crippen LogP contribution in [-0.2, 0) is 32.7 Å². The Kier molecular flexibility index (Phi) is 10.2. The number of alkyl halides is 3. The molecule has 0 aliphatic heterocycles. The molecule has 0 fully saturated rings. The third-order valence-corrected chi connectivity index (χ3v) is 6.83. The van der Waals surface area contributed by atoms with Gasteiger partial charge < -0.3 is 19.0 Å². The summed E-state index contributed by atoms with van der Waals surface area (Å²) in [4.78, 5) is 33.2. The van der Waals surface area contributed by atoms with Gasteiger partial charge >= 0.3 is 21.6 Å². The van der Waals surface area contributed by atoms with Crippen molar-refractivity contribution in [2.45, 2.75) is 25.5 Å². The third-order valence-electron chi connectivity index (χ3n) is 5.89. The average molecular weight is 630 g/mol. The van der Waals surface area contributed by atoms with E-state index in [1.807, 2.05) is 36.4 Å². The zero-order valence-corrected chi connectivity index (χ0v) is 24.0. The average Bonchev–Trinajstić information content (AvgIpc) is 2.99. The summed E-state index contributed by atoms with van der Waals surface area (Å²) in [6.45, 7) is 0.667. The van der Waals surface area contributed by atoms with Gasteiger partial charge in [-0.3, -0.25) is 9.59 Å². The van der Waals surface area contributed by atoms with Gasteiger partial charge in [0, 0.05) is 6.42 Å². The number of nitrogens with zero attached hydrogens (tertiary/aromatic N) is 2. The molecule has 0 atom stereocenters. The summed E-state index contributed by atoms with van der Waals surface area (Å²) in [5, 5.41) is 2.25. The van der Waals surface area contributed by atoms with Crippen LogP contribution in [-0.4, -0.2) is 48.9 Å². The van der Waals surface area contributed by atoms with Gasteiger partial charge in [0.15, 0.2) is 5.69 Å². The third kappa shape index (κ3) is 8.31. The first-order valence-corrected chi connectivity index (χ1v) is 14.5. The minimum atomic E-state index is -6.24. The van der Waals surface area contributed by atoms with Gasteiger partial charge in [0.2, 0.25) is 5.75 Å². The van der Waals surface area contributed by atoms with E-state index in [-0.39, 0.29) is 25.5 Å². The van der Waals surface area contributed by atoms with Crippen LogP contribution in [0.1, 0.15) is 34.4 Å². The molecule has 0 unspecified atom stereocenters. The molecule has 1 N–H and O–H groups in total. The number of carbonyl (C=O) groups is 2. The van der Waals surface area contributed by atoms with Crippen molar-refractivity contribution in [3.8, 4) is 22.8 Å². The molecule has 1 aromatic heterocycles. The quantitative estimate of drug-likeness (QED) is 0.133. The number of halogens is 3. The van der Waals surface area contributed by atoms with Crippen molar-refractivity contribution in [1.29, 1.82) is 0 Å². The van der Waals surface area contributed by atoms with E-state index in [1.165, 1.54) is 0 Å². The van der Waals surface area contributed by atoms with Crippen LogP contribution in [0.25, 0.3) is 11.1 Å². The molecule has 1 amide bonds. The Morgan fingerprint density at radius 1 is 0.864 bits per heavy atom. The van der Waals surface area contributed by atoms with E-state index < -0.39 is 51.4 Å². The van der Waals surface area contributed by atoms with Gasteiger partial charge in [-0.05, 0) is 29.2 Å². The highest BCUT2D eigenvalue weighted by Crippen LogP contribution is 2.35. The predicted molar refractivity (Wildman–Crippen MR) is 152 cm³/mol. The van der Waals surface area contributed by atoms with Gasteiger partial charge in [-0.1, -0.05) is 84.9 Å². The van der Waals surface area contributed by atoms with Crippen LogP contribution in [0.5, 0.6) is 11.6 Å². The van der Waals surface area contributed by atoms with Crippen molar-refractivity contribution < 1.29 is 44.8 Å². The highest BCUT2D eigenvalue weighted by atomic mass is 32.2.